The van der Waals surface area contributed by atoms with Gasteiger partial charge in [0.1, 0.15) is 11.5 Å². The summed E-state index contributed by atoms with van der Waals surface area (Å²) < 4.78 is 27.0. The van der Waals surface area contributed by atoms with E-state index in [9.17, 15) is 13.6 Å². The molecule has 1 aliphatic carbocycles. The Morgan fingerprint density at radius 2 is 2.23 bits per heavy atom. The number of alkyl halides is 2. The first-order valence-corrected chi connectivity index (χ1v) is 7.76. The zero-order chi connectivity index (χ0) is 15.7. The SMILES string of the molecule is O=C(NCC1CC1)c1cc(N2CCCC(F)(F)C2)nc(Cl)n1. The lowest BCUT2D eigenvalue weighted by atomic mass is 10.1. The fourth-order valence-corrected chi connectivity index (χ4v) is 2.67. The molecule has 120 valence electrons. The highest BCUT2D eigenvalue weighted by atomic mass is 35.5. The van der Waals surface area contributed by atoms with Crippen molar-refractivity contribution < 1.29 is 13.6 Å². The molecule has 1 aromatic heterocycles. The summed E-state index contributed by atoms with van der Waals surface area (Å²) in [6.07, 6.45) is 2.49. The van der Waals surface area contributed by atoms with Crippen LogP contribution in [0.4, 0.5) is 14.6 Å². The van der Waals surface area contributed by atoms with E-state index in [2.05, 4.69) is 15.3 Å². The van der Waals surface area contributed by atoms with E-state index < -0.39 is 12.5 Å². The molecule has 0 spiro atoms. The second kappa shape index (κ2) is 5.95. The minimum Gasteiger partial charge on any atom is -0.350 e. The van der Waals surface area contributed by atoms with Gasteiger partial charge in [0.15, 0.2) is 0 Å². The summed E-state index contributed by atoms with van der Waals surface area (Å²) in [6.45, 7) is 0.660. The molecule has 1 saturated carbocycles. The van der Waals surface area contributed by atoms with Crippen molar-refractivity contribution in [3.8, 4) is 0 Å². The Morgan fingerprint density at radius 1 is 1.45 bits per heavy atom. The van der Waals surface area contributed by atoms with E-state index in [1.54, 1.807) is 0 Å². The Bertz CT molecular complexity index is 580. The van der Waals surface area contributed by atoms with Crippen molar-refractivity contribution in [2.24, 2.45) is 5.92 Å². The molecule has 1 aromatic rings. The maximum absolute atomic E-state index is 13.5. The summed E-state index contributed by atoms with van der Waals surface area (Å²) in [5.41, 5.74) is 0.115. The highest BCUT2D eigenvalue weighted by Gasteiger charge is 2.36. The Hall–Kier alpha value is -1.50. The highest BCUT2D eigenvalue weighted by molar-refractivity contribution is 6.28. The van der Waals surface area contributed by atoms with Gasteiger partial charge in [0, 0.05) is 25.6 Å². The van der Waals surface area contributed by atoms with Crippen molar-refractivity contribution in [3.63, 3.8) is 0 Å². The van der Waals surface area contributed by atoms with Crippen molar-refractivity contribution in [1.29, 1.82) is 0 Å². The van der Waals surface area contributed by atoms with Gasteiger partial charge in [-0.3, -0.25) is 4.79 Å². The van der Waals surface area contributed by atoms with Gasteiger partial charge >= 0.3 is 0 Å². The molecule has 0 aromatic carbocycles. The number of carbonyl (C=O) groups is 1. The monoisotopic (exact) mass is 330 g/mol. The lowest BCUT2D eigenvalue weighted by Crippen LogP contribution is -2.43. The van der Waals surface area contributed by atoms with Gasteiger partial charge in [-0.25, -0.2) is 18.7 Å². The van der Waals surface area contributed by atoms with Crippen LogP contribution in [0.25, 0.3) is 0 Å². The number of piperidine rings is 1. The first-order chi connectivity index (χ1) is 10.4. The molecule has 2 heterocycles. The van der Waals surface area contributed by atoms with Crippen LogP contribution in [0.15, 0.2) is 6.07 Å². The van der Waals surface area contributed by atoms with E-state index in [4.69, 9.17) is 11.6 Å². The second-order valence-electron chi connectivity index (χ2n) is 5.91. The van der Waals surface area contributed by atoms with Gasteiger partial charge in [0.2, 0.25) is 5.28 Å². The first-order valence-electron chi connectivity index (χ1n) is 7.38. The molecule has 1 amide bonds. The molecule has 22 heavy (non-hydrogen) atoms. The average molecular weight is 331 g/mol. The van der Waals surface area contributed by atoms with E-state index in [0.717, 1.165) is 12.8 Å². The third-order valence-corrected chi connectivity index (χ3v) is 4.05. The number of hydrogen-bond acceptors (Lipinski definition) is 4. The van der Waals surface area contributed by atoms with Crippen LogP contribution in [0.2, 0.25) is 5.28 Å². The Balaban J connectivity index is 1.75. The predicted octanol–water partition coefficient (Wildman–Crippen LogP) is 2.51. The van der Waals surface area contributed by atoms with Gasteiger partial charge < -0.3 is 10.2 Å². The van der Waals surface area contributed by atoms with Crippen LogP contribution in [0, 0.1) is 5.92 Å². The van der Waals surface area contributed by atoms with E-state index >= 15 is 0 Å². The molecule has 8 heteroatoms. The Morgan fingerprint density at radius 3 is 2.91 bits per heavy atom. The van der Waals surface area contributed by atoms with Crippen molar-refractivity contribution in [3.05, 3.63) is 17.0 Å². The Labute approximate surface area is 132 Å². The number of nitrogens with zero attached hydrogens (tertiary/aromatic N) is 3. The third kappa shape index (κ3) is 3.82. The molecule has 2 aliphatic rings. The number of rotatable bonds is 4. The van der Waals surface area contributed by atoms with Gasteiger partial charge in [-0.05, 0) is 36.8 Å². The topological polar surface area (TPSA) is 58.1 Å². The standard InChI is InChI=1S/C14H17ClF2N4O/c15-13-19-10(12(22)18-7-9-2-3-9)6-11(20-13)21-5-1-4-14(16,17)8-21/h6,9H,1-5,7-8H2,(H,18,22). The smallest absolute Gasteiger partial charge is 0.270 e. The minimum atomic E-state index is -2.75. The van der Waals surface area contributed by atoms with Gasteiger partial charge in [-0.2, -0.15) is 0 Å². The van der Waals surface area contributed by atoms with Gasteiger partial charge in [-0.15, -0.1) is 0 Å². The number of carbonyl (C=O) groups excluding carboxylic acids is 1. The summed E-state index contributed by atoms with van der Waals surface area (Å²) in [4.78, 5) is 21.4. The zero-order valence-electron chi connectivity index (χ0n) is 12.0. The molecule has 2 fully saturated rings. The number of anilines is 1. The molecule has 1 saturated heterocycles. The van der Waals surface area contributed by atoms with Crippen molar-refractivity contribution in [2.75, 3.05) is 24.5 Å². The van der Waals surface area contributed by atoms with Gasteiger partial charge in [0.25, 0.3) is 11.8 Å². The van der Waals surface area contributed by atoms with Crippen molar-refractivity contribution in [1.82, 2.24) is 15.3 Å². The first kappa shape index (κ1) is 15.4. The van der Waals surface area contributed by atoms with Gasteiger partial charge in [-0.1, -0.05) is 0 Å². The molecular weight excluding hydrogens is 314 g/mol. The maximum Gasteiger partial charge on any atom is 0.270 e. The number of amides is 1. The summed E-state index contributed by atoms with van der Waals surface area (Å²) >= 11 is 5.84. The van der Waals surface area contributed by atoms with Gasteiger partial charge in [0.05, 0.1) is 6.54 Å². The number of hydrogen-bond donors (Lipinski definition) is 1. The lowest BCUT2D eigenvalue weighted by Gasteiger charge is -2.33. The van der Waals surface area contributed by atoms with Crippen LogP contribution >= 0.6 is 11.6 Å². The normalized spacial score (nSPS) is 20.8. The van der Waals surface area contributed by atoms with Crippen LogP contribution in [0.3, 0.4) is 0 Å². The lowest BCUT2D eigenvalue weighted by molar-refractivity contribution is -0.0118. The third-order valence-electron chi connectivity index (χ3n) is 3.88. The molecule has 0 bridgehead atoms. The largest absolute Gasteiger partial charge is 0.350 e. The van der Waals surface area contributed by atoms with Crippen molar-refractivity contribution >= 4 is 23.3 Å². The molecule has 0 radical (unpaired) electrons. The number of halogens is 3. The molecule has 1 aliphatic heterocycles. The van der Waals surface area contributed by atoms with E-state index in [-0.39, 0.29) is 29.1 Å². The van der Waals surface area contributed by atoms with E-state index in [0.29, 0.717) is 25.4 Å². The van der Waals surface area contributed by atoms with Crippen LogP contribution in [-0.2, 0) is 0 Å². The zero-order valence-corrected chi connectivity index (χ0v) is 12.7. The molecule has 3 rings (SSSR count). The fraction of sp³-hybridized carbons (Fsp3) is 0.643. The fourth-order valence-electron chi connectivity index (χ4n) is 2.50. The number of aromatic nitrogens is 2. The number of nitrogens with one attached hydrogen (secondary N) is 1. The minimum absolute atomic E-state index is 0.108. The van der Waals surface area contributed by atoms with Crippen LogP contribution in [-0.4, -0.2) is 41.4 Å². The van der Waals surface area contributed by atoms with Crippen molar-refractivity contribution in [2.45, 2.75) is 31.6 Å². The predicted molar refractivity (Wildman–Crippen MR) is 78.5 cm³/mol. The maximum atomic E-state index is 13.5. The van der Waals surface area contributed by atoms with Crippen LogP contribution < -0.4 is 10.2 Å². The van der Waals surface area contributed by atoms with E-state index in [1.165, 1.54) is 11.0 Å². The molecule has 0 unspecified atom stereocenters. The molecule has 0 atom stereocenters. The van der Waals surface area contributed by atoms with E-state index in [1.807, 2.05) is 0 Å². The summed E-state index contributed by atoms with van der Waals surface area (Å²) in [7, 11) is 0. The summed E-state index contributed by atoms with van der Waals surface area (Å²) in [6, 6.07) is 1.43. The highest BCUT2D eigenvalue weighted by Crippen LogP contribution is 2.30. The Kier molecular flexibility index (Phi) is 4.16. The average Bonchev–Trinajstić information content (AvgIpc) is 3.27. The van der Waals surface area contributed by atoms with Crippen LogP contribution in [0.5, 0.6) is 0 Å². The summed E-state index contributed by atoms with van der Waals surface area (Å²) in [5.74, 6) is -2.27. The second-order valence-corrected chi connectivity index (χ2v) is 6.25. The molecule has 5 nitrogen and oxygen atoms in total. The molecule has 1 N–H and O–H groups in total. The van der Waals surface area contributed by atoms with Crippen LogP contribution in [0.1, 0.15) is 36.2 Å². The molecular formula is C14H17ClF2N4O. The summed E-state index contributed by atoms with van der Waals surface area (Å²) in [5, 5.41) is 2.67. The quantitative estimate of drug-likeness (QED) is 0.862.